The zero-order valence-electron chi connectivity index (χ0n) is 13.2. The van der Waals surface area contributed by atoms with Gasteiger partial charge in [-0.1, -0.05) is 11.6 Å². The van der Waals surface area contributed by atoms with E-state index in [2.05, 4.69) is 15.0 Å². The molecule has 0 radical (unpaired) electrons. The van der Waals surface area contributed by atoms with Gasteiger partial charge in [-0.2, -0.15) is 13.2 Å². The molecule has 0 N–H and O–H groups in total. The minimum atomic E-state index is -4.49. The normalized spacial score (nSPS) is 18.2. The maximum atomic E-state index is 13.0. The minimum absolute atomic E-state index is 0.0658. The lowest BCUT2D eigenvalue weighted by Gasteiger charge is -2.32. The Morgan fingerprint density at radius 3 is 2.72 bits per heavy atom. The Kier molecular flexibility index (Phi) is 5.27. The van der Waals surface area contributed by atoms with Crippen LogP contribution in [0, 0.1) is 5.92 Å². The summed E-state index contributed by atoms with van der Waals surface area (Å²) in [4.78, 5) is 14.1. The van der Waals surface area contributed by atoms with Gasteiger partial charge < -0.3 is 9.64 Å². The first-order valence-electron chi connectivity index (χ1n) is 7.81. The highest BCUT2D eigenvalue weighted by molar-refractivity contribution is 6.30. The second-order valence-corrected chi connectivity index (χ2v) is 6.26. The van der Waals surface area contributed by atoms with E-state index in [0.29, 0.717) is 17.5 Å². The molecular weight excluding hydrogens is 357 g/mol. The molecule has 1 saturated heterocycles. The monoisotopic (exact) mass is 372 g/mol. The maximum Gasteiger partial charge on any atom is 0.421 e. The summed E-state index contributed by atoms with van der Waals surface area (Å²) in [5.74, 6) is 0.244. The van der Waals surface area contributed by atoms with Crippen LogP contribution in [0.15, 0.2) is 30.7 Å². The number of hydrogen-bond acceptors (Lipinski definition) is 5. The summed E-state index contributed by atoms with van der Waals surface area (Å²) in [5, 5.41) is 0.454. The van der Waals surface area contributed by atoms with Crippen LogP contribution in [0.25, 0.3) is 0 Å². The molecule has 0 aromatic carbocycles. The van der Waals surface area contributed by atoms with E-state index in [-0.39, 0.29) is 18.4 Å². The number of pyridine rings is 1. The van der Waals surface area contributed by atoms with Crippen LogP contribution in [0.4, 0.5) is 19.1 Å². The maximum absolute atomic E-state index is 13.0. The molecule has 0 spiro atoms. The molecule has 2 aromatic heterocycles. The Labute approximate surface area is 147 Å². The third-order valence-electron chi connectivity index (χ3n) is 3.94. The van der Waals surface area contributed by atoms with Gasteiger partial charge in [0.1, 0.15) is 5.56 Å². The van der Waals surface area contributed by atoms with Crippen molar-refractivity contribution < 1.29 is 17.9 Å². The zero-order chi connectivity index (χ0) is 17.9. The van der Waals surface area contributed by atoms with Gasteiger partial charge in [0.25, 0.3) is 0 Å². The summed E-state index contributed by atoms with van der Waals surface area (Å²) in [6, 6.07) is 2.22. The topological polar surface area (TPSA) is 51.1 Å². The van der Waals surface area contributed by atoms with E-state index in [4.69, 9.17) is 16.3 Å². The number of ether oxygens (including phenoxy) is 1. The van der Waals surface area contributed by atoms with E-state index >= 15 is 0 Å². The molecule has 0 amide bonds. The second-order valence-electron chi connectivity index (χ2n) is 5.82. The molecule has 1 unspecified atom stereocenters. The van der Waals surface area contributed by atoms with Crippen LogP contribution >= 0.6 is 11.6 Å². The van der Waals surface area contributed by atoms with Crippen LogP contribution < -0.4 is 9.64 Å². The second kappa shape index (κ2) is 7.43. The summed E-state index contributed by atoms with van der Waals surface area (Å²) in [6.07, 6.45) is 1.59. The molecule has 0 saturated carbocycles. The van der Waals surface area contributed by atoms with Crippen molar-refractivity contribution >= 4 is 17.5 Å². The number of alkyl halides is 3. The molecule has 9 heteroatoms. The van der Waals surface area contributed by atoms with Gasteiger partial charge in [0, 0.05) is 25.2 Å². The molecule has 1 atom stereocenters. The lowest BCUT2D eigenvalue weighted by molar-refractivity contribution is -0.139. The number of aromatic nitrogens is 3. The van der Waals surface area contributed by atoms with E-state index in [1.807, 2.05) is 4.90 Å². The molecule has 0 aliphatic carbocycles. The van der Waals surface area contributed by atoms with Gasteiger partial charge >= 0.3 is 6.18 Å². The highest BCUT2D eigenvalue weighted by Gasteiger charge is 2.35. The molecule has 1 fully saturated rings. The number of halogens is 4. The first-order valence-corrected chi connectivity index (χ1v) is 8.19. The standard InChI is InChI=1S/C16H16ClF3N4O/c17-12-7-22-15(23-8-12)24-6-2-3-11(9-24)10-25-14-13(16(18,19)20)4-1-5-21-14/h1,4-5,7-8,11H,2-3,6,9-10H2. The zero-order valence-corrected chi connectivity index (χ0v) is 14.0. The van der Waals surface area contributed by atoms with Gasteiger partial charge in [-0.3, -0.25) is 0 Å². The largest absolute Gasteiger partial charge is 0.477 e. The number of piperidine rings is 1. The SMILES string of the molecule is FC(F)(F)c1cccnc1OCC1CCCN(c2ncc(Cl)cn2)C1. The Hall–Kier alpha value is -2.09. The Morgan fingerprint density at radius 1 is 1.24 bits per heavy atom. The minimum Gasteiger partial charge on any atom is -0.477 e. The van der Waals surface area contributed by atoms with Crippen LogP contribution in [0.5, 0.6) is 5.88 Å². The molecule has 0 bridgehead atoms. The first-order chi connectivity index (χ1) is 11.9. The predicted octanol–water partition coefficient (Wildman–Crippen LogP) is 3.84. The van der Waals surface area contributed by atoms with Crippen molar-refractivity contribution in [3.8, 4) is 5.88 Å². The van der Waals surface area contributed by atoms with Crippen molar-refractivity contribution in [2.75, 3.05) is 24.6 Å². The fourth-order valence-electron chi connectivity index (χ4n) is 2.77. The van der Waals surface area contributed by atoms with E-state index in [1.54, 1.807) is 0 Å². The molecule has 1 aliphatic heterocycles. The lowest BCUT2D eigenvalue weighted by Crippen LogP contribution is -2.38. The van der Waals surface area contributed by atoms with E-state index < -0.39 is 11.7 Å². The predicted molar refractivity (Wildman–Crippen MR) is 86.7 cm³/mol. The summed E-state index contributed by atoms with van der Waals surface area (Å²) >= 11 is 5.79. The van der Waals surface area contributed by atoms with Gasteiger partial charge in [-0.15, -0.1) is 0 Å². The molecule has 1 aliphatic rings. The Morgan fingerprint density at radius 2 is 2.00 bits per heavy atom. The van der Waals surface area contributed by atoms with Crippen LogP contribution in [0.2, 0.25) is 5.02 Å². The fraction of sp³-hybridized carbons (Fsp3) is 0.438. The third kappa shape index (κ3) is 4.50. The van der Waals surface area contributed by atoms with Gasteiger partial charge in [-0.05, 0) is 25.0 Å². The smallest absolute Gasteiger partial charge is 0.421 e. The molecular formula is C16H16ClF3N4O. The summed E-state index contributed by atoms with van der Waals surface area (Å²) in [6.45, 7) is 1.55. The van der Waals surface area contributed by atoms with Crippen LogP contribution in [-0.2, 0) is 6.18 Å². The van der Waals surface area contributed by atoms with Crippen molar-refractivity contribution in [2.24, 2.45) is 5.92 Å². The highest BCUT2D eigenvalue weighted by Crippen LogP contribution is 2.35. The Bertz CT molecular complexity index is 711. The molecule has 3 heterocycles. The average Bonchev–Trinajstić information content (AvgIpc) is 2.60. The molecule has 25 heavy (non-hydrogen) atoms. The van der Waals surface area contributed by atoms with Gasteiger partial charge in [0.2, 0.25) is 11.8 Å². The van der Waals surface area contributed by atoms with Crippen molar-refractivity contribution in [2.45, 2.75) is 19.0 Å². The number of anilines is 1. The molecule has 3 rings (SSSR count). The lowest BCUT2D eigenvalue weighted by atomic mass is 9.99. The van der Waals surface area contributed by atoms with E-state index in [9.17, 15) is 13.2 Å². The molecule has 2 aromatic rings. The van der Waals surface area contributed by atoms with Crippen LogP contribution in [-0.4, -0.2) is 34.6 Å². The van der Waals surface area contributed by atoms with Gasteiger partial charge in [-0.25, -0.2) is 15.0 Å². The van der Waals surface area contributed by atoms with Crippen molar-refractivity contribution in [1.82, 2.24) is 15.0 Å². The van der Waals surface area contributed by atoms with Crippen LogP contribution in [0.1, 0.15) is 18.4 Å². The van der Waals surface area contributed by atoms with Crippen molar-refractivity contribution in [3.63, 3.8) is 0 Å². The van der Waals surface area contributed by atoms with E-state index in [0.717, 1.165) is 25.5 Å². The van der Waals surface area contributed by atoms with Crippen molar-refractivity contribution in [1.29, 1.82) is 0 Å². The molecule has 134 valence electrons. The third-order valence-corrected chi connectivity index (χ3v) is 4.14. The first kappa shape index (κ1) is 17.7. The summed E-state index contributed by atoms with van der Waals surface area (Å²) in [7, 11) is 0. The van der Waals surface area contributed by atoms with Crippen molar-refractivity contribution in [3.05, 3.63) is 41.3 Å². The van der Waals surface area contributed by atoms with Gasteiger partial charge in [0.05, 0.1) is 24.0 Å². The number of hydrogen-bond donors (Lipinski definition) is 0. The fourth-order valence-corrected chi connectivity index (χ4v) is 2.87. The average molecular weight is 373 g/mol. The quantitative estimate of drug-likeness (QED) is 0.816. The van der Waals surface area contributed by atoms with Gasteiger partial charge in [0.15, 0.2) is 0 Å². The summed E-state index contributed by atoms with van der Waals surface area (Å²) in [5.41, 5.74) is -0.858. The number of rotatable bonds is 4. The molecule has 5 nitrogen and oxygen atoms in total. The highest BCUT2D eigenvalue weighted by atomic mass is 35.5. The Balaban J connectivity index is 1.63. The summed E-state index contributed by atoms with van der Waals surface area (Å²) < 4.78 is 44.3. The van der Waals surface area contributed by atoms with Crippen LogP contribution in [0.3, 0.4) is 0 Å². The van der Waals surface area contributed by atoms with E-state index in [1.165, 1.54) is 24.7 Å². The number of nitrogens with zero attached hydrogens (tertiary/aromatic N) is 4.